The molecule has 0 aromatic heterocycles. The summed E-state index contributed by atoms with van der Waals surface area (Å²) in [7, 11) is 4.86. The molecule has 0 amide bonds. The van der Waals surface area contributed by atoms with Gasteiger partial charge < -0.3 is 24.3 Å². The Morgan fingerprint density at radius 2 is 1.73 bits per heavy atom. The van der Waals surface area contributed by atoms with Gasteiger partial charge in [-0.1, -0.05) is 0 Å². The number of halogens is 1. The summed E-state index contributed by atoms with van der Waals surface area (Å²) < 4.78 is 25.3. The van der Waals surface area contributed by atoms with Crippen LogP contribution in [-0.2, 0) is 0 Å². The van der Waals surface area contributed by atoms with Crippen LogP contribution in [0.1, 0.15) is 24.1 Å². The lowest BCUT2D eigenvalue weighted by atomic mass is 10.00. The number of hydrogen-bond acceptors (Lipinski definition) is 7. The molecule has 0 bridgehead atoms. The molecule has 0 radical (unpaired) electrons. The van der Waals surface area contributed by atoms with E-state index < -0.39 is 0 Å². The van der Waals surface area contributed by atoms with Crippen LogP contribution in [0.25, 0.3) is 5.70 Å². The first kappa shape index (κ1) is 20.5. The third kappa shape index (κ3) is 3.83. The molecule has 0 spiro atoms. The zero-order chi connectivity index (χ0) is 21.1. The van der Waals surface area contributed by atoms with Crippen LogP contribution in [0.5, 0.6) is 23.0 Å². The van der Waals surface area contributed by atoms with Crippen LogP contribution in [-0.4, -0.2) is 40.9 Å². The van der Waals surface area contributed by atoms with Crippen LogP contribution in [0.4, 0.5) is 0 Å². The third-order valence-electron chi connectivity index (χ3n) is 4.85. The maximum absolute atomic E-state index is 5.57. The number of rotatable bonds is 7. The number of nitrogens with one attached hydrogen (secondary N) is 1. The molecule has 0 fully saturated rings. The summed E-state index contributed by atoms with van der Waals surface area (Å²) in [6.07, 6.45) is 2.17. The van der Waals surface area contributed by atoms with Crippen LogP contribution >= 0.6 is 20.7 Å². The number of benzene rings is 2. The summed E-state index contributed by atoms with van der Waals surface area (Å²) in [5.74, 6) is 2.70. The largest absolute Gasteiger partial charge is 0.494 e. The predicted octanol–water partition coefficient (Wildman–Crippen LogP) is 4.11. The summed E-state index contributed by atoms with van der Waals surface area (Å²) in [6.45, 7) is 2.63. The molecule has 2 aromatic rings. The van der Waals surface area contributed by atoms with Crippen molar-refractivity contribution in [2.75, 3.05) is 27.9 Å². The summed E-state index contributed by atoms with van der Waals surface area (Å²) in [4.78, 5) is 0. The Hall–Kier alpha value is -2.75. The first-order chi connectivity index (χ1) is 14.7. The van der Waals surface area contributed by atoms with Gasteiger partial charge in [0.2, 0.25) is 5.75 Å². The standard InChI is InChI=1S/C22H24IN3O4/c1-5-30-16-8-6-14(7-9-16)17-12-18(26-22(25-17)23-13-24-26)15-10-19(27-2)21(29-4)20(11-15)28-3/h6-13,18,25H,5H2,1-4H3. The number of methoxy groups -OCH3 is 3. The molecule has 4 rings (SSSR count). The number of hydrazone groups is 1. The minimum atomic E-state index is -0.316. The Kier molecular flexibility index (Phi) is 6.12. The monoisotopic (exact) mass is 521 g/mol. The van der Waals surface area contributed by atoms with Crippen molar-refractivity contribution in [1.29, 1.82) is 0 Å². The van der Waals surface area contributed by atoms with Gasteiger partial charge in [0, 0.05) is 5.70 Å². The third-order valence-corrected chi connectivity index (χ3v) is 6.73. The summed E-state index contributed by atoms with van der Waals surface area (Å²) in [5, 5.41) is 10.2. The second-order valence-corrected chi connectivity index (χ2v) is 8.73. The van der Waals surface area contributed by atoms with Crippen LogP contribution < -0.4 is 24.3 Å². The predicted molar refractivity (Wildman–Crippen MR) is 127 cm³/mol. The molecule has 2 aromatic carbocycles. The molecule has 158 valence electrons. The zero-order valence-electron chi connectivity index (χ0n) is 17.3. The first-order valence-corrected chi connectivity index (χ1v) is 11.8. The average molecular weight is 521 g/mol. The average Bonchev–Trinajstić information content (AvgIpc) is 3.27. The van der Waals surface area contributed by atoms with Crippen LogP contribution in [0.2, 0.25) is 0 Å². The van der Waals surface area contributed by atoms with Gasteiger partial charge in [0.05, 0.1) is 32.2 Å². The number of ether oxygens (including phenoxy) is 4. The van der Waals surface area contributed by atoms with E-state index in [0.717, 1.165) is 26.3 Å². The molecule has 0 aliphatic carbocycles. The van der Waals surface area contributed by atoms with Gasteiger partial charge in [-0.15, -0.1) is 0 Å². The second-order valence-electron chi connectivity index (χ2n) is 6.52. The second kappa shape index (κ2) is 8.95. The number of nitrogens with zero attached hydrogens (tertiary/aromatic N) is 2. The molecule has 30 heavy (non-hydrogen) atoms. The van der Waals surface area contributed by atoms with Gasteiger partial charge >= 0.3 is 0 Å². The van der Waals surface area contributed by atoms with Crippen LogP contribution in [0, 0.1) is 0 Å². The SMILES string of the molecule is CCOc1ccc(C2=CC(c3cc(OC)c(OC)c(OC)c3)N3N=CI=C3N2)cc1. The van der Waals surface area contributed by atoms with E-state index in [1.807, 2.05) is 40.4 Å². The highest BCUT2D eigenvalue weighted by Crippen LogP contribution is 2.43. The Bertz CT molecular complexity index is 993. The summed E-state index contributed by atoms with van der Waals surface area (Å²) in [6, 6.07) is 12.0. The lowest BCUT2D eigenvalue weighted by molar-refractivity contribution is 0.320. The van der Waals surface area contributed by atoms with E-state index >= 15 is 0 Å². The van der Waals surface area contributed by atoms with E-state index in [2.05, 4.69) is 28.6 Å². The van der Waals surface area contributed by atoms with Crippen molar-refractivity contribution in [3.63, 3.8) is 0 Å². The normalized spacial score (nSPS) is 17.2. The van der Waals surface area contributed by atoms with Gasteiger partial charge in [-0.25, -0.2) is 5.01 Å². The maximum atomic E-state index is 5.57. The lowest BCUT2D eigenvalue weighted by Gasteiger charge is -2.33. The van der Waals surface area contributed by atoms with Crippen LogP contribution in [0.3, 0.4) is 0 Å². The van der Waals surface area contributed by atoms with Crippen molar-refractivity contribution in [3.05, 3.63) is 53.6 Å². The molecule has 2 aliphatic heterocycles. The van der Waals surface area contributed by atoms with Gasteiger partial charge in [-0.05, 0) is 81.3 Å². The van der Waals surface area contributed by atoms with E-state index in [1.165, 1.54) is 0 Å². The van der Waals surface area contributed by atoms with Crippen molar-refractivity contribution in [3.8, 4) is 23.0 Å². The molecule has 1 N–H and O–H groups in total. The molecule has 2 heterocycles. The quantitative estimate of drug-likeness (QED) is 0.554. The first-order valence-electron chi connectivity index (χ1n) is 9.52. The molecule has 0 saturated carbocycles. The van der Waals surface area contributed by atoms with Gasteiger partial charge in [0.1, 0.15) is 11.8 Å². The Morgan fingerprint density at radius 3 is 2.33 bits per heavy atom. The highest BCUT2D eigenvalue weighted by atomic mass is 127. The number of hydrogen-bond donors (Lipinski definition) is 1. The van der Waals surface area contributed by atoms with E-state index in [9.17, 15) is 0 Å². The molecular formula is C22H24IN3O4. The van der Waals surface area contributed by atoms with E-state index in [-0.39, 0.29) is 26.8 Å². The van der Waals surface area contributed by atoms with Crippen molar-refractivity contribution in [2.24, 2.45) is 5.10 Å². The molecule has 8 heteroatoms. The highest BCUT2D eigenvalue weighted by molar-refractivity contribution is 14.2. The van der Waals surface area contributed by atoms with Crippen molar-refractivity contribution in [2.45, 2.75) is 13.0 Å². The van der Waals surface area contributed by atoms with E-state index in [4.69, 9.17) is 18.9 Å². The van der Waals surface area contributed by atoms with Gasteiger partial charge in [-0.2, -0.15) is 5.10 Å². The fourth-order valence-corrected chi connectivity index (χ4v) is 5.26. The highest BCUT2D eigenvalue weighted by Gasteiger charge is 2.31. The zero-order valence-corrected chi connectivity index (χ0v) is 19.5. The van der Waals surface area contributed by atoms with Gasteiger partial charge in [0.25, 0.3) is 0 Å². The molecular weight excluding hydrogens is 497 g/mol. The van der Waals surface area contributed by atoms with Crippen LogP contribution in [0.15, 0.2) is 47.6 Å². The van der Waals surface area contributed by atoms with E-state index in [0.29, 0.717) is 23.9 Å². The minimum Gasteiger partial charge on any atom is -0.494 e. The molecule has 1 unspecified atom stereocenters. The fraction of sp³-hybridized carbons (Fsp3) is 0.273. The summed E-state index contributed by atoms with van der Waals surface area (Å²) >= 11 is -0.316. The maximum Gasteiger partial charge on any atom is 0.203 e. The van der Waals surface area contributed by atoms with Crippen molar-refractivity contribution >= 4 is 34.4 Å². The minimum absolute atomic E-state index is 0.0880. The lowest BCUT2D eigenvalue weighted by Crippen LogP contribution is -2.40. The fourth-order valence-electron chi connectivity index (χ4n) is 3.45. The Balaban J connectivity index is 1.76. The van der Waals surface area contributed by atoms with Crippen molar-refractivity contribution < 1.29 is 18.9 Å². The smallest absolute Gasteiger partial charge is 0.203 e. The molecule has 0 saturated heterocycles. The molecule has 7 nitrogen and oxygen atoms in total. The number of fused-ring (bicyclic) bond motifs is 1. The Labute approximate surface area is 186 Å². The van der Waals surface area contributed by atoms with E-state index in [1.54, 1.807) is 21.3 Å². The Morgan fingerprint density at radius 1 is 1.03 bits per heavy atom. The van der Waals surface area contributed by atoms with Gasteiger partial charge in [0.15, 0.2) is 15.3 Å². The van der Waals surface area contributed by atoms with Crippen molar-refractivity contribution in [1.82, 2.24) is 10.3 Å². The topological polar surface area (TPSA) is 64.5 Å². The summed E-state index contributed by atoms with van der Waals surface area (Å²) in [5.41, 5.74) is 3.15. The molecule has 2 aliphatic rings. The molecule has 1 atom stereocenters. The van der Waals surface area contributed by atoms with Gasteiger partial charge in [-0.3, -0.25) is 0 Å².